The SMILES string of the molecule is COCCc1noc(CN(CCO)C2CCCc3ccccc32)n1. The second kappa shape index (κ2) is 8.37. The van der Waals surface area contributed by atoms with Gasteiger partial charge in [-0.3, -0.25) is 4.90 Å². The zero-order chi connectivity index (χ0) is 16.8. The first-order valence-electron chi connectivity index (χ1n) is 8.55. The van der Waals surface area contributed by atoms with E-state index in [1.807, 2.05) is 0 Å². The van der Waals surface area contributed by atoms with Crippen molar-refractivity contribution in [3.05, 3.63) is 47.1 Å². The Kier molecular flexibility index (Phi) is 5.96. The van der Waals surface area contributed by atoms with Crippen molar-refractivity contribution in [3.63, 3.8) is 0 Å². The van der Waals surface area contributed by atoms with Crippen LogP contribution >= 0.6 is 0 Å². The van der Waals surface area contributed by atoms with Gasteiger partial charge in [0.15, 0.2) is 5.82 Å². The summed E-state index contributed by atoms with van der Waals surface area (Å²) in [6, 6.07) is 8.87. The molecule has 1 aromatic heterocycles. The predicted molar refractivity (Wildman–Crippen MR) is 89.5 cm³/mol. The van der Waals surface area contributed by atoms with Crippen LogP contribution in [0.5, 0.6) is 0 Å². The van der Waals surface area contributed by atoms with Crippen molar-refractivity contribution in [2.75, 3.05) is 26.9 Å². The molecule has 0 amide bonds. The summed E-state index contributed by atoms with van der Waals surface area (Å²) in [5.41, 5.74) is 2.76. The predicted octanol–water partition coefficient (Wildman–Crippen LogP) is 2.13. The van der Waals surface area contributed by atoms with Crippen molar-refractivity contribution in [3.8, 4) is 0 Å². The Balaban J connectivity index is 1.74. The molecule has 1 aliphatic rings. The van der Waals surface area contributed by atoms with Gasteiger partial charge >= 0.3 is 0 Å². The average molecular weight is 331 g/mol. The lowest BCUT2D eigenvalue weighted by Gasteiger charge is -2.34. The van der Waals surface area contributed by atoms with Crippen LogP contribution in [0.2, 0.25) is 0 Å². The molecule has 0 saturated heterocycles. The molecule has 1 unspecified atom stereocenters. The van der Waals surface area contributed by atoms with Crippen LogP contribution in [-0.2, 0) is 24.1 Å². The van der Waals surface area contributed by atoms with Crippen LogP contribution in [-0.4, -0.2) is 47.0 Å². The van der Waals surface area contributed by atoms with Crippen molar-refractivity contribution in [1.29, 1.82) is 0 Å². The molecule has 0 aliphatic heterocycles. The van der Waals surface area contributed by atoms with Crippen LogP contribution in [0.4, 0.5) is 0 Å². The zero-order valence-corrected chi connectivity index (χ0v) is 14.1. The number of ether oxygens (including phenoxy) is 1. The van der Waals surface area contributed by atoms with E-state index in [-0.39, 0.29) is 12.6 Å². The monoisotopic (exact) mass is 331 g/mol. The molecule has 6 heteroatoms. The summed E-state index contributed by atoms with van der Waals surface area (Å²) in [5.74, 6) is 1.26. The van der Waals surface area contributed by atoms with Crippen LogP contribution in [0.1, 0.15) is 41.7 Å². The van der Waals surface area contributed by atoms with E-state index >= 15 is 0 Å². The van der Waals surface area contributed by atoms with Gasteiger partial charge in [0.05, 0.1) is 19.8 Å². The molecule has 2 aromatic rings. The maximum absolute atomic E-state index is 9.49. The summed E-state index contributed by atoms with van der Waals surface area (Å²) >= 11 is 0. The van der Waals surface area contributed by atoms with Crippen molar-refractivity contribution in [1.82, 2.24) is 15.0 Å². The van der Waals surface area contributed by atoms with Gasteiger partial charge in [-0.2, -0.15) is 4.98 Å². The zero-order valence-electron chi connectivity index (χ0n) is 14.1. The Morgan fingerprint density at radius 2 is 2.25 bits per heavy atom. The van der Waals surface area contributed by atoms with Gasteiger partial charge < -0.3 is 14.4 Å². The third kappa shape index (κ3) is 4.01. The molecule has 1 aliphatic carbocycles. The van der Waals surface area contributed by atoms with Gasteiger partial charge in [0.2, 0.25) is 5.89 Å². The van der Waals surface area contributed by atoms with Crippen molar-refractivity contribution >= 4 is 0 Å². The maximum Gasteiger partial charge on any atom is 0.240 e. The molecule has 1 heterocycles. The van der Waals surface area contributed by atoms with Crippen LogP contribution < -0.4 is 0 Å². The van der Waals surface area contributed by atoms with Crippen LogP contribution in [0.15, 0.2) is 28.8 Å². The molecule has 130 valence electrons. The molecular weight excluding hydrogens is 306 g/mol. The molecule has 0 saturated carbocycles. The fourth-order valence-corrected chi connectivity index (χ4v) is 3.40. The van der Waals surface area contributed by atoms with Crippen molar-refractivity contribution in [2.45, 2.75) is 38.3 Å². The number of hydrogen-bond donors (Lipinski definition) is 1. The summed E-state index contributed by atoms with van der Waals surface area (Å²) in [6.07, 6.45) is 4.02. The number of nitrogens with zero attached hydrogens (tertiary/aromatic N) is 3. The van der Waals surface area contributed by atoms with E-state index < -0.39 is 0 Å². The Bertz CT molecular complexity index is 644. The number of aliphatic hydroxyl groups is 1. The summed E-state index contributed by atoms with van der Waals surface area (Å²) in [5, 5.41) is 13.5. The Morgan fingerprint density at radius 3 is 3.08 bits per heavy atom. The minimum absolute atomic E-state index is 0.114. The van der Waals surface area contributed by atoms with Gasteiger partial charge in [-0.1, -0.05) is 29.4 Å². The van der Waals surface area contributed by atoms with Crippen molar-refractivity contribution < 1.29 is 14.4 Å². The summed E-state index contributed by atoms with van der Waals surface area (Å²) in [4.78, 5) is 6.68. The van der Waals surface area contributed by atoms with Crippen LogP contribution in [0.25, 0.3) is 0 Å². The van der Waals surface area contributed by atoms with E-state index in [9.17, 15) is 5.11 Å². The molecule has 6 nitrogen and oxygen atoms in total. The third-order valence-corrected chi connectivity index (χ3v) is 4.54. The van der Waals surface area contributed by atoms with E-state index in [0.29, 0.717) is 37.8 Å². The van der Waals surface area contributed by atoms with Crippen LogP contribution in [0, 0.1) is 0 Å². The first-order valence-corrected chi connectivity index (χ1v) is 8.55. The lowest BCUT2D eigenvalue weighted by Crippen LogP contribution is -2.33. The van der Waals surface area contributed by atoms with E-state index in [1.165, 1.54) is 11.1 Å². The second-order valence-corrected chi connectivity index (χ2v) is 6.15. The van der Waals surface area contributed by atoms with E-state index in [0.717, 1.165) is 19.3 Å². The molecular formula is C18H25N3O3. The fourth-order valence-electron chi connectivity index (χ4n) is 3.40. The first kappa shape index (κ1) is 17.1. The quantitative estimate of drug-likeness (QED) is 0.799. The molecule has 24 heavy (non-hydrogen) atoms. The number of aliphatic hydroxyl groups excluding tert-OH is 1. The van der Waals surface area contributed by atoms with E-state index in [4.69, 9.17) is 9.26 Å². The van der Waals surface area contributed by atoms with Gasteiger partial charge in [0.25, 0.3) is 0 Å². The molecule has 0 spiro atoms. The number of fused-ring (bicyclic) bond motifs is 1. The fraction of sp³-hybridized carbons (Fsp3) is 0.556. The standard InChI is InChI=1S/C18H25N3O3/c1-23-12-9-17-19-18(24-20-17)13-21(10-11-22)16-8-4-6-14-5-2-3-7-15(14)16/h2-3,5,7,16,22H,4,6,8-13H2,1H3. The van der Waals surface area contributed by atoms with E-state index in [1.54, 1.807) is 7.11 Å². The summed E-state index contributed by atoms with van der Waals surface area (Å²) in [7, 11) is 1.66. The minimum atomic E-state index is 0.114. The maximum atomic E-state index is 9.49. The van der Waals surface area contributed by atoms with Gasteiger partial charge in [-0.25, -0.2) is 0 Å². The van der Waals surface area contributed by atoms with Crippen LogP contribution in [0.3, 0.4) is 0 Å². The van der Waals surface area contributed by atoms with Crippen molar-refractivity contribution in [2.24, 2.45) is 0 Å². The van der Waals surface area contributed by atoms with Gasteiger partial charge in [0, 0.05) is 26.1 Å². The third-order valence-electron chi connectivity index (χ3n) is 4.54. The van der Waals surface area contributed by atoms with Gasteiger partial charge in [0.1, 0.15) is 0 Å². The highest BCUT2D eigenvalue weighted by atomic mass is 16.5. The summed E-state index contributed by atoms with van der Waals surface area (Å²) in [6.45, 7) is 1.84. The molecule has 0 fully saturated rings. The molecule has 1 atom stereocenters. The molecule has 1 aromatic carbocycles. The largest absolute Gasteiger partial charge is 0.395 e. The smallest absolute Gasteiger partial charge is 0.240 e. The Hall–Kier alpha value is -1.76. The van der Waals surface area contributed by atoms with E-state index in [2.05, 4.69) is 39.3 Å². The average Bonchev–Trinajstić information content (AvgIpc) is 3.06. The number of aryl methyl sites for hydroxylation is 1. The lowest BCUT2D eigenvalue weighted by molar-refractivity contribution is 0.117. The highest BCUT2D eigenvalue weighted by Gasteiger charge is 2.26. The number of methoxy groups -OCH3 is 1. The summed E-state index contributed by atoms with van der Waals surface area (Å²) < 4.78 is 10.4. The highest BCUT2D eigenvalue weighted by molar-refractivity contribution is 5.32. The minimum Gasteiger partial charge on any atom is -0.395 e. The van der Waals surface area contributed by atoms with Gasteiger partial charge in [-0.05, 0) is 30.4 Å². The number of aromatic nitrogens is 2. The lowest BCUT2D eigenvalue weighted by atomic mass is 9.87. The number of hydrogen-bond acceptors (Lipinski definition) is 6. The second-order valence-electron chi connectivity index (χ2n) is 6.15. The Labute approximate surface area is 142 Å². The highest BCUT2D eigenvalue weighted by Crippen LogP contribution is 2.34. The first-order chi connectivity index (χ1) is 11.8. The topological polar surface area (TPSA) is 71.6 Å². The molecule has 3 rings (SSSR count). The number of rotatable bonds is 8. The molecule has 1 N–H and O–H groups in total. The number of benzene rings is 1. The molecule has 0 bridgehead atoms. The molecule has 0 radical (unpaired) electrons. The normalized spacial score (nSPS) is 17.2. The Morgan fingerprint density at radius 1 is 1.38 bits per heavy atom. The van der Waals surface area contributed by atoms with Gasteiger partial charge in [-0.15, -0.1) is 0 Å².